The van der Waals surface area contributed by atoms with Crippen molar-refractivity contribution in [2.24, 2.45) is 0 Å². The molecule has 0 saturated carbocycles. The molecule has 0 aliphatic carbocycles. The Morgan fingerprint density at radius 1 is 0.806 bits per heavy atom. The fourth-order valence-electron chi connectivity index (χ4n) is 3.31. The van der Waals surface area contributed by atoms with E-state index in [1.807, 2.05) is 0 Å². The molecule has 0 aliphatic heterocycles. The van der Waals surface area contributed by atoms with Gasteiger partial charge in [-0.1, -0.05) is 0 Å². The van der Waals surface area contributed by atoms with Crippen molar-refractivity contribution in [1.29, 1.82) is 0 Å². The van der Waals surface area contributed by atoms with E-state index in [9.17, 15) is 18.0 Å². The maximum Gasteiger partial charge on any atom is 0.337 e. The molecule has 1 amide bonds. The Kier molecular flexibility index (Phi) is 8.38. The van der Waals surface area contributed by atoms with Gasteiger partial charge in [0.25, 0.3) is 10.0 Å². The topological polar surface area (TPSA) is 120 Å². The van der Waals surface area contributed by atoms with Gasteiger partial charge in [-0.05, 0) is 60.7 Å². The third-order valence-electron chi connectivity index (χ3n) is 5.18. The van der Waals surface area contributed by atoms with Crippen LogP contribution in [0.2, 0.25) is 0 Å². The van der Waals surface area contributed by atoms with E-state index in [1.165, 1.54) is 83.0 Å². The molecule has 11 heteroatoms. The highest BCUT2D eigenvalue weighted by molar-refractivity contribution is 7.92. The predicted molar refractivity (Wildman–Crippen MR) is 133 cm³/mol. The lowest BCUT2D eigenvalue weighted by atomic mass is 10.2. The molecule has 0 saturated heterocycles. The Bertz CT molecular complexity index is 1320. The molecule has 10 nitrogen and oxygen atoms in total. The maximum absolute atomic E-state index is 13.7. The normalized spacial score (nSPS) is 10.8. The molecule has 0 bridgehead atoms. The molecule has 0 aliphatic rings. The number of carbonyl (C=O) groups is 2. The summed E-state index contributed by atoms with van der Waals surface area (Å²) in [6.07, 6.45) is 0. The number of methoxy groups -OCH3 is 4. The lowest BCUT2D eigenvalue weighted by molar-refractivity contribution is -0.114. The average molecular weight is 515 g/mol. The van der Waals surface area contributed by atoms with Gasteiger partial charge >= 0.3 is 5.97 Å². The largest absolute Gasteiger partial charge is 0.497 e. The predicted octanol–water partition coefficient (Wildman–Crippen LogP) is 3.33. The number of anilines is 2. The highest BCUT2D eigenvalue weighted by atomic mass is 32.2. The van der Waals surface area contributed by atoms with Crippen molar-refractivity contribution in [2.75, 3.05) is 44.6 Å². The number of nitrogens with zero attached hydrogens (tertiary/aromatic N) is 1. The van der Waals surface area contributed by atoms with Crippen LogP contribution < -0.4 is 23.8 Å². The first kappa shape index (κ1) is 26.4. The summed E-state index contributed by atoms with van der Waals surface area (Å²) in [6, 6.07) is 16.4. The van der Waals surface area contributed by atoms with E-state index >= 15 is 0 Å². The molecule has 190 valence electrons. The van der Waals surface area contributed by atoms with Crippen molar-refractivity contribution in [3.05, 3.63) is 72.3 Å². The summed E-state index contributed by atoms with van der Waals surface area (Å²) in [4.78, 5) is 24.4. The summed E-state index contributed by atoms with van der Waals surface area (Å²) in [6.45, 7) is -0.526. The summed E-state index contributed by atoms with van der Waals surface area (Å²) in [5.74, 6) is 0.00150. The Labute approximate surface area is 209 Å². The number of hydrogen-bond acceptors (Lipinski definition) is 8. The van der Waals surface area contributed by atoms with Gasteiger partial charge < -0.3 is 24.3 Å². The Morgan fingerprint density at radius 2 is 1.44 bits per heavy atom. The second-order valence-corrected chi connectivity index (χ2v) is 9.21. The van der Waals surface area contributed by atoms with Gasteiger partial charge in [0.2, 0.25) is 5.91 Å². The fourth-order valence-corrected chi connectivity index (χ4v) is 4.74. The standard InChI is InChI=1S/C25H26N2O8S/c1-32-20-11-9-19(10-12-20)27(36(30,31)21-13-14-22(33-2)23(15-21)34-3)16-24(28)26-18-7-5-17(6-8-18)25(29)35-4/h5-15H,16H2,1-4H3,(H,26,28). The van der Waals surface area contributed by atoms with Gasteiger partial charge in [0.1, 0.15) is 12.3 Å². The zero-order valence-electron chi connectivity index (χ0n) is 20.2. The molecule has 0 heterocycles. The molecule has 0 fully saturated rings. The van der Waals surface area contributed by atoms with E-state index < -0.39 is 28.4 Å². The van der Waals surface area contributed by atoms with Crippen molar-refractivity contribution in [3.8, 4) is 17.2 Å². The molecule has 0 atom stereocenters. The molecule has 3 aromatic rings. The SMILES string of the molecule is COC(=O)c1ccc(NC(=O)CN(c2ccc(OC)cc2)S(=O)(=O)c2ccc(OC)c(OC)c2)cc1. The molecular weight excluding hydrogens is 488 g/mol. The molecule has 0 radical (unpaired) electrons. The van der Waals surface area contributed by atoms with Crippen LogP contribution >= 0.6 is 0 Å². The van der Waals surface area contributed by atoms with E-state index in [0.29, 0.717) is 22.7 Å². The van der Waals surface area contributed by atoms with Crippen LogP contribution in [0.3, 0.4) is 0 Å². The Morgan fingerprint density at radius 3 is 2.00 bits per heavy atom. The lowest BCUT2D eigenvalue weighted by Gasteiger charge is -2.24. The summed E-state index contributed by atoms with van der Waals surface area (Å²) >= 11 is 0. The number of ether oxygens (including phenoxy) is 4. The highest BCUT2D eigenvalue weighted by Gasteiger charge is 2.28. The summed E-state index contributed by atoms with van der Waals surface area (Å²) in [7, 11) is 1.40. The minimum atomic E-state index is -4.21. The number of hydrogen-bond donors (Lipinski definition) is 1. The van der Waals surface area contributed by atoms with E-state index in [-0.39, 0.29) is 16.3 Å². The van der Waals surface area contributed by atoms with E-state index in [0.717, 1.165) is 4.31 Å². The second-order valence-electron chi connectivity index (χ2n) is 7.34. The van der Waals surface area contributed by atoms with Crippen LogP contribution in [-0.2, 0) is 19.6 Å². The van der Waals surface area contributed by atoms with Gasteiger partial charge in [-0.3, -0.25) is 9.10 Å². The van der Waals surface area contributed by atoms with Crippen LogP contribution in [0.25, 0.3) is 0 Å². The van der Waals surface area contributed by atoms with Gasteiger partial charge in [0, 0.05) is 11.8 Å². The number of esters is 1. The number of rotatable bonds is 10. The van der Waals surface area contributed by atoms with Gasteiger partial charge in [-0.15, -0.1) is 0 Å². The Balaban J connectivity index is 1.93. The van der Waals surface area contributed by atoms with Gasteiger partial charge in [-0.2, -0.15) is 0 Å². The Hall–Kier alpha value is -4.25. The highest BCUT2D eigenvalue weighted by Crippen LogP contribution is 2.32. The monoisotopic (exact) mass is 514 g/mol. The molecule has 36 heavy (non-hydrogen) atoms. The fraction of sp³-hybridized carbons (Fsp3) is 0.200. The van der Waals surface area contributed by atoms with Crippen molar-refractivity contribution >= 4 is 33.3 Å². The van der Waals surface area contributed by atoms with E-state index in [2.05, 4.69) is 10.1 Å². The van der Waals surface area contributed by atoms with Gasteiger partial charge in [0.05, 0.1) is 44.6 Å². The number of nitrogens with one attached hydrogen (secondary N) is 1. The first-order valence-corrected chi connectivity index (χ1v) is 12.0. The number of carbonyl (C=O) groups excluding carboxylic acids is 2. The van der Waals surface area contributed by atoms with Gasteiger partial charge in [0.15, 0.2) is 11.5 Å². The molecule has 3 rings (SSSR count). The van der Waals surface area contributed by atoms with Crippen LogP contribution in [0, 0.1) is 0 Å². The molecule has 0 spiro atoms. The average Bonchev–Trinajstić information content (AvgIpc) is 2.91. The number of sulfonamides is 1. The summed E-state index contributed by atoms with van der Waals surface area (Å²) in [5, 5.41) is 2.65. The molecule has 1 N–H and O–H groups in total. The number of amides is 1. The van der Waals surface area contributed by atoms with Crippen molar-refractivity contribution in [2.45, 2.75) is 4.90 Å². The van der Waals surface area contributed by atoms with Crippen LogP contribution in [0.15, 0.2) is 71.6 Å². The molecule has 0 unspecified atom stereocenters. The quantitative estimate of drug-likeness (QED) is 0.409. The number of benzene rings is 3. The van der Waals surface area contributed by atoms with Crippen LogP contribution in [-0.4, -0.2) is 55.3 Å². The second kappa shape index (κ2) is 11.5. The smallest absolute Gasteiger partial charge is 0.337 e. The molecular formula is C25H26N2O8S. The van der Waals surface area contributed by atoms with Crippen molar-refractivity contribution in [3.63, 3.8) is 0 Å². The van der Waals surface area contributed by atoms with Crippen molar-refractivity contribution in [1.82, 2.24) is 0 Å². The maximum atomic E-state index is 13.7. The van der Waals surface area contributed by atoms with Crippen molar-refractivity contribution < 1.29 is 37.0 Å². The zero-order chi connectivity index (χ0) is 26.3. The summed E-state index contributed by atoms with van der Waals surface area (Å²) < 4.78 is 48.6. The minimum Gasteiger partial charge on any atom is -0.497 e. The third kappa shape index (κ3) is 5.87. The van der Waals surface area contributed by atoms with Gasteiger partial charge in [-0.25, -0.2) is 13.2 Å². The van der Waals surface area contributed by atoms with Crippen LogP contribution in [0.4, 0.5) is 11.4 Å². The minimum absolute atomic E-state index is 0.0915. The van der Waals surface area contributed by atoms with E-state index in [4.69, 9.17) is 14.2 Å². The lowest BCUT2D eigenvalue weighted by Crippen LogP contribution is -2.38. The van der Waals surface area contributed by atoms with Crippen LogP contribution in [0.5, 0.6) is 17.2 Å². The van der Waals surface area contributed by atoms with E-state index in [1.54, 1.807) is 12.1 Å². The third-order valence-corrected chi connectivity index (χ3v) is 6.95. The molecule has 3 aromatic carbocycles. The zero-order valence-corrected chi connectivity index (χ0v) is 21.0. The summed E-state index contributed by atoms with van der Waals surface area (Å²) in [5.41, 5.74) is 0.944. The first-order valence-electron chi connectivity index (χ1n) is 10.6. The van der Waals surface area contributed by atoms with Crippen LogP contribution in [0.1, 0.15) is 10.4 Å². The molecule has 0 aromatic heterocycles. The first-order chi connectivity index (χ1) is 17.2.